The normalized spacial score (nSPS) is 17.6. The molecule has 0 aromatic carbocycles. The molecule has 1 rings (SSSR count). The van der Waals surface area contributed by atoms with Crippen molar-refractivity contribution in [3.63, 3.8) is 0 Å². The van der Waals surface area contributed by atoms with Crippen molar-refractivity contribution < 1.29 is 19.1 Å². The predicted molar refractivity (Wildman–Crippen MR) is 120 cm³/mol. The summed E-state index contributed by atoms with van der Waals surface area (Å²) >= 11 is 0. The molecule has 29 heavy (non-hydrogen) atoms. The van der Waals surface area contributed by atoms with Gasteiger partial charge in [-0.05, 0) is 62.4 Å². The Labute approximate surface area is 179 Å². The molecule has 0 spiro atoms. The third-order valence-electron chi connectivity index (χ3n) is 5.78. The molecule has 5 nitrogen and oxygen atoms in total. The third kappa shape index (κ3) is 10.5. The van der Waals surface area contributed by atoms with Crippen LogP contribution in [0.1, 0.15) is 94.4 Å². The molecule has 0 bridgehead atoms. The molecule has 172 valence electrons. The highest BCUT2D eigenvalue weighted by Crippen LogP contribution is 2.47. The van der Waals surface area contributed by atoms with E-state index in [-0.39, 0.29) is 36.0 Å². The van der Waals surface area contributed by atoms with Gasteiger partial charge in [-0.15, -0.1) is 0 Å². The molecule has 0 saturated carbocycles. The zero-order chi connectivity index (χ0) is 22.7. The average Bonchev–Trinajstić information content (AvgIpc) is 2.63. The van der Waals surface area contributed by atoms with Gasteiger partial charge < -0.3 is 14.8 Å². The lowest BCUT2D eigenvalue weighted by Gasteiger charge is -2.43. The number of nitrogens with one attached hydrogen (secondary N) is 1. The van der Waals surface area contributed by atoms with Gasteiger partial charge in [-0.3, -0.25) is 9.59 Å². The van der Waals surface area contributed by atoms with E-state index in [1.165, 1.54) is 0 Å². The molecule has 0 amide bonds. The molecule has 1 aliphatic heterocycles. The van der Waals surface area contributed by atoms with Gasteiger partial charge in [0, 0.05) is 6.42 Å². The van der Waals surface area contributed by atoms with Crippen molar-refractivity contribution in [2.75, 3.05) is 26.3 Å². The first kappa shape index (κ1) is 27.9. The summed E-state index contributed by atoms with van der Waals surface area (Å²) in [6, 6.07) is 0. The molecule has 0 aromatic rings. The number of piperidine rings is 1. The fraction of sp³-hybridized carbons (Fsp3) is 0.917. The quantitative estimate of drug-likeness (QED) is 0.428. The molecule has 1 N–H and O–H groups in total. The Morgan fingerprint density at radius 3 is 1.90 bits per heavy atom. The van der Waals surface area contributed by atoms with Crippen LogP contribution in [0.15, 0.2) is 0 Å². The van der Waals surface area contributed by atoms with Gasteiger partial charge in [0.25, 0.3) is 0 Å². The summed E-state index contributed by atoms with van der Waals surface area (Å²) in [6.07, 6.45) is 4.32. The highest BCUT2D eigenvalue weighted by Gasteiger charge is 2.47. The van der Waals surface area contributed by atoms with Gasteiger partial charge in [0.15, 0.2) is 0 Å². The summed E-state index contributed by atoms with van der Waals surface area (Å²) in [5.41, 5.74) is -0.796. The zero-order valence-electron chi connectivity index (χ0n) is 20.6. The van der Waals surface area contributed by atoms with Gasteiger partial charge in [-0.2, -0.15) is 0 Å². The SMILES string of the molecule is CC.CC(C)(C)CC(C)(C(=O)OCCOC(=O)CCC1CCNCC1)C(C)(C)C. The minimum atomic E-state index is -0.593. The molecule has 1 saturated heterocycles. The molecule has 0 radical (unpaired) electrons. The predicted octanol–water partition coefficient (Wildman–Crippen LogP) is 5.37. The number of rotatable bonds is 8. The van der Waals surface area contributed by atoms with E-state index in [9.17, 15) is 9.59 Å². The van der Waals surface area contributed by atoms with E-state index in [1.54, 1.807) is 0 Å². The minimum Gasteiger partial charge on any atom is -0.462 e. The maximum atomic E-state index is 12.8. The average molecular weight is 414 g/mol. The second kappa shape index (κ2) is 12.6. The molecule has 1 aliphatic rings. The summed E-state index contributed by atoms with van der Waals surface area (Å²) in [7, 11) is 0. The lowest BCUT2D eigenvalue weighted by Crippen LogP contribution is -2.44. The lowest BCUT2D eigenvalue weighted by atomic mass is 9.61. The van der Waals surface area contributed by atoms with E-state index in [4.69, 9.17) is 9.47 Å². The molecular formula is C24H47NO4. The second-order valence-electron chi connectivity index (χ2n) is 10.4. The van der Waals surface area contributed by atoms with Gasteiger partial charge in [0.2, 0.25) is 0 Å². The van der Waals surface area contributed by atoms with Crippen LogP contribution in [0.3, 0.4) is 0 Å². The monoisotopic (exact) mass is 413 g/mol. The van der Waals surface area contributed by atoms with Gasteiger partial charge in [-0.1, -0.05) is 55.4 Å². The van der Waals surface area contributed by atoms with Crippen LogP contribution >= 0.6 is 0 Å². The smallest absolute Gasteiger partial charge is 0.312 e. The molecule has 1 atom stereocenters. The van der Waals surface area contributed by atoms with E-state index >= 15 is 0 Å². The third-order valence-corrected chi connectivity index (χ3v) is 5.78. The van der Waals surface area contributed by atoms with Crippen LogP contribution < -0.4 is 5.32 Å². The first-order valence-electron chi connectivity index (χ1n) is 11.4. The summed E-state index contributed by atoms with van der Waals surface area (Å²) in [5, 5.41) is 3.33. The maximum absolute atomic E-state index is 12.8. The Kier molecular flexibility index (Phi) is 12.1. The molecule has 5 heteroatoms. The number of hydrogen-bond donors (Lipinski definition) is 1. The molecule has 0 aliphatic carbocycles. The largest absolute Gasteiger partial charge is 0.462 e. The maximum Gasteiger partial charge on any atom is 0.312 e. The molecule has 1 unspecified atom stereocenters. The van der Waals surface area contributed by atoms with Crippen LogP contribution in [0.2, 0.25) is 0 Å². The fourth-order valence-corrected chi connectivity index (χ4v) is 3.72. The fourth-order valence-electron chi connectivity index (χ4n) is 3.72. The summed E-state index contributed by atoms with van der Waals surface area (Å²) < 4.78 is 10.8. The second-order valence-corrected chi connectivity index (χ2v) is 10.4. The first-order valence-corrected chi connectivity index (χ1v) is 11.4. The van der Waals surface area contributed by atoms with Crippen LogP contribution in [-0.4, -0.2) is 38.2 Å². The molecule has 1 fully saturated rings. The van der Waals surface area contributed by atoms with Crippen molar-refractivity contribution in [3.05, 3.63) is 0 Å². The first-order chi connectivity index (χ1) is 13.3. The van der Waals surface area contributed by atoms with Gasteiger partial charge in [-0.25, -0.2) is 0 Å². The summed E-state index contributed by atoms with van der Waals surface area (Å²) in [6.45, 7) is 20.9. The van der Waals surface area contributed by atoms with Gasteiger partial charge in [0.1, 0.15) is 13.2 Å². The topological polar surface area (TPSA) is 64.6 Å². The molecule has 1 heterocycles. The summed E-state index contributed by atoms with van der Waals surface area (Å²) in [5.74, 6) is 0.204. The van der Waals surface area contributed by atoms with E-state index in [1.807, 2.05) is 20.8 Å². The van der Waals surface area contributed by atoms with Crippen LogP contribution in [0, 0.1) is 22.2 Å². The zero-order valence-corrected chi connectivity index (χ0v) is 20.6. The van der Waals surface area contributed by atoms with Crippen LogP contribution in [-0.2, 0) is 19.1 Å². The number of carbonyl (C=O) groups excluding carboxylic acids is 2. The Balaban J connectivity index is 0.00000379. The van der Waals surface area contributed by atoms with Crippen LogP contribution in [0.25, 0.3) is 0 Å². The van der Waals surface area contributed by atoms with Gasteiger partial charge in [0.05, 0.1) is 5.41 Å². The number of carbonyl (C=O) groups is 2. The van der Waals surface area contributed by atoms with Crippen molar-refractivity contribution in [1.82, 2.24) is 5.32 Å². The molecular weight excluding hydrogens is 366 g/mol. The van der Waals surface area contributed by atoms with Crippen molar-refractivity contribution >= 4 is 11.9 Å². The molecule has 0 aromatic heterocycles. The standard InChI is InChI=1S/C22H41NO4.C2H6/c1-20(2,3)16-22(7,21(4,5)6)19(25)27-15-14-26-18(24)9-8-17-10-12-23-13-11-17;1-2/h17,23H,8-16H2,1-7H3;1-2H3. The van der Waals surface area contributed by atoms with Crippen molar-refractivity contribution in [3.8, 4) is 0 Å². The number of esters is 2. The Bertz CT molecular complexity index is 484. The lowest BCUT2D eigenvalue weighted by molar-refractivity contribution is -0.168. The van der Waals surface area contributed by atoms with Crippen molar-refractivity contribution in [1.29, 1.82) is 0 Å². The number of hydrogen-bond acceptors (Lipinski definition) is 5. The minimum absolute atomic E-state index is 0.0160. The van der Waals surface area contributed by atoms with E-state index < -0.39 is 5.41 Å². The van der Waals surface area contributed by atoms with Crippen molar-refractivity contribution in [2.45, 2.75) is 94.4 Å². The highest BCUT2D eigenvalue weighted by molar-refractivity contribution is 5.77. The Hall–Kier alpha value is -1.10. The Morgan fingerprint density at radius 2 is 1.41 bits per heavy atom. The number of ether oxygens (including phenoxy) is 2. The van der Waals surface area contributed by atoms with Crippen molar-refractivity contribution in [2.24, 2.45) is 22.2 Å². The van der Waals surface area contributed by atoms with E-state index in [0.717, 1.165) is 38.8 Å². The van der Waals surface area contributed by atoms with E-state index in [2.05, 4.69) is 46.9 Å². The van der Waals surface area contributed by atoms with Crippen LogP contribution in [0.5, 0.6) is 0 Å². The van der Waals surface area contributed by atoms with E-state index in [0.29, 0.717) is 12.3 Å². The van der Waals surface area contributed by atoms with Crippen LogP contribution in [0.4, 0.5) is 0 Å². The highest BCUT2D eigenvalue weighted by atomic mass is 16.6. The van der Waals surface area contributed by atoms with Gasteiger partial charge >= 0.3 is 11.9 Å². The Morgan fingerprint density at radius 1 is 0.897 bits per heavy atom. The summed E-state index contributed by atoms with van der Waals surface area (Å²) in [4.78, 5) is 24.7.